The lowest BCUT2D eigenvalue weighted by Crippen LogP contribution is -2.30. The van der Waals surface area contributed by atoms with Gasteiger partial charge in [0.05, 0.1) is 0 Å². The SMILES string of the molecule is CCN(C(=O)CCC1CCNC1)c1ccc(F)cc1. The molecule has 0 bridgehead atoms. The maximum atomic E-state index is 12.9. The summed E-state index contributed by atoms with van der Waals surface area (Å²) in [5.41, 5.74) is 0.776. The average Bonchev–Trinajstić information content (AvgIpc) is 2.92. The van der Waals surface area contributed by atoms with Gasteiger partial charge in [0.25, 0.3) is 0 Å². The van der Waals surface area contributed by atoms with Gasteiger partial charge in [0.15, 0.2) is 0 Å². The maximum Gasteiger partial charge on any atom is 0.226 e. The van der Waals surface area contributed by atoms with Gasteiger partial charge < -0.3 is 10.2 Å². The molecule has 0 aromatic heterocycles. The highest BCUT2D eigenvalue weighted by molar-refractivity contribution is 5.93. The largest absolute Gasteiger partial charge is 0.316 e. The molecule has 3 nitrogen and oxygen atoms in total. The Morgan fingerprint density at radius 3 is 2.74 bits per heavy atom. The normalized spacial score (nSPS) is 18.5. The van der Waals surface area contributed by atoms with Gasteiger partial charge in [-0.3, -0.25) is 4.79 Å². The van der Waals surface area contributed by atoms with E-state index in [-0.39, 0.29) is 11.7 Å². The van der Waals surface area contributed by atoms with E-state index in [0.29, 0.717) is 18.9 Å². The minimum atomic E-state index is -0.274. The molecule has 1 aromatic carbocycles. The lowest BCUT2D eigenvalue weighted by molar-refractivity contribution is -0.118. The molecule has 1 aliphatic heterocycles. The summed E-state index contributed by atoms with van der Waals surface area (Å²) in [4.78, 5) is 14.0. The highest BCUT2D eigenvalue weighted by Crippen LogP contribution is 2.19. The third kappa shape index (κ3) is 3.77. The number of carbonyl (C=O) groups is 1. The molecule has 1 aliphatic rings. The lowest BCUT2D eigenvalue weighted by Gasteiger charge is -2.21. The van der Waals surface area contributed by atoms with Crippen LogP contribution in [0.4, 0.5) is 10.1 Å². The van der Waals surface area contributed by atoms with Crippen molar-refractivity contribution in [1.29, 1.82) is 0 Å². The molecule has 1 atom stereocenters. The van der Waals surface area contributed by atoms with E-state index in [1.165, 1.54) is 12.1 Å². The van der Waals surface area contributed by atoms with Crippen molar-refractivity contribution >= 4 is 11.6 Å². The number of nitrogens with zero attached hydrogens (tertiary/aromatic N) is 1. The van der Waals surface area contributed by atoms with E-state index in [0.717, 1.165) is 31.6 Å². The minimum absolute atomic E-state index is 0.126. The Bertz CT molecular complexity index is 413. The zero-order chi connectivity index (χ0) is 13.7. The third-order valence-electron chi connectivity index (χ3n) is 3.68. The fourth-order valence-electron chi connectivity index (χ4n) is 2.55. The molecule has 4 heteroatoms. The summed E-state index contributed by atoms with van der Waals surface area (Å²) < 4.78 is 12.9. The van der Waals surface area contributed by atoms with Gasteiger partial charge in [-0.25, -0.2) is 4.39 Å². The summed E-state index contributed by atoms with van der Waals surface area (Å²) in [5.74, 6) is 0.473. The standard InChI is InChI=1S/C15H21FN2O/c1-2-18(14-6-4-13(16)5-7-14)15(19)8-3-12-9-10-17-11-12/h4-7,12,17H,2-3,8-11H2,1H3. The Morgan fingerprint density at radius 2 is 2.16 bits per heavy atom. The predicted octanol–water partition coefficient (Wildman–Crippen LogP) is 2.57. The van der Waals surface area contributed by atoms with Gasteiger partial charge in [0.1, 0.15) is 5.82 Å². The summed E-state index contributed by atoms with van der Waals surface area (Å²) in [5, 5.41) is 3.31. The molecular formula is C15H21FN2O. The number of amides is 1. The first kappa shape index (κ1) is 14.0. The van der Waals surface area contributed by atoms with Crippen molar-refractivity contribution in [1.82, 2.24) is 5.32 Å². The highest BCUT2D eigenvalue weighted by Gasteiger charge is 2.19. The smallest absolute Gasteiger partial charge is 0.226 e. The highest BCUT2D eigenvalue weighted by atomic mass is 19.1. The zero-order valence-electron chi connectivity index (χ0n) is 11.4. The van der Waals surface area contributed by atoms with Gasteiger partial charge in [-0.15, -0.1) is 0 Å². The van der Waals surface area contributed by atoms with Crippen LogP contribution in [0.15, 0.2) is 24.3 Å². The van der Waals surface area contributed by atoms with E-state index in [2.05, 4.69) is 5.32 Å². The summed E-state index contributed by atoms with van der Waals surface area (Å²) >= 11 is 0. The fourth-order valence-corrected chi connectivity index (χ4v) is 2.55. The van der Waals surface area contributed by atoms with Crippen molar-refractivity contribution in [3.8, 4) is 0 Å². The van der Waals surface area contributed by atoms with Crippen molar-refractivity contribution in [2.24, 2.45) is 5.92 Å². The number of rotatable bonds is 5. The van der Waals surface area contributed by atoms with Crippen molar-refractivity contribution < 1.29 is 9.18 Å². The molecule has 19 heavy (non-hydrogen) atoms. The van der Waals surface area contributed by atoms with Crippen LogP contribution in [-0.4, -0.2) is 25.5 Å². The molecule has 0 saturated carbocycles. The summed E-state index contributed by atoms with van der Waals surface area (Å²) in [7, 11) is 0. The van der Waals surface area contributed by atoms with Crippen LogP contribution in [0.5, 0.6) is 0 Å². The maximum absolute atomic E-state index is 12.9. The molecule has 0 radical (unpaired) electrons. The molecule has 1 heterocycles. The molecule has 1 N–H and O–H groups in total. The predicted molar refractivity (Wildman–Crippen MR) is 74.6 cm³/mol. The second kappa shape index (κ2) is 6.66. The zero-order valence-corrected chi connectivity index (χ0v) is 11.4. The molecule has 1 fully saturated rings. The second-order valence-electron chi connectivity index (χ2n) is 5.01. The third-order valence-corrected chi connectivity index (χ3v) is 3.68. The van der Waals surface area contributed by atoms with E-state index in [1.807, 2.05) is 6.92 Å². The van der Waals surface area contributed by atoms with E-state index in [1.54, 1.807) is 17.0 Å². The molecule has 0 spiro atoms. The Hall–Kier alpha value is -1.42. The van der Waals surface area contributed by atoms with Crippen molar-refractivity contribution in [2.75, 3.05) is 24.5 Å². The molecule has 1 saturated heterocycles. The number of hydrogen-bond acceptors (Lipinski definition) is 2. The van der Waals surface area contributed by atoms with Crippen LogP contribution in [-0.2, 0) is 4.79 Å². The average molecular weight is 264 g/mol. The number of carbonyl (C=O) groups excluding carboxylic acids is 1. The summed E-state index contributed by atoms with van der Waals surface area (Å²) in [6.45, 7) is 4.65. The summed E-state index contributed by atoms with van der Waals surface area (Å²) in [6.07, 6.45) is 2.66. The Balaban J connectivity index is 1.92. The molecule has 2 rings (SSSR count). The molecule has 1 unspecified atom stereocenters. The Labute approximate surface area is 113 Å². The Morgan fingerprint density at radius 1 is 1.42 bits per heavy atom. The van der Waals surface area contributed by atoms with Crippen molar-refractivity contribution in [3.63, 3.8) is 0 Å². The van der Waals surface area contributed by atoms with Crippen LogP contribution in [0.25, 0.3) is 0 Å². The number of nitrogens with one attached hydrogen (secondary N) is 1. The topological polar surface area (TPSA) is 32.3 Å². The van der Waals surface area contributed by atoms with Gasteiger partial charge in [0, 0.05) is 18.7 Å². The quantitative estimate of drug-likeness (QED) is 0.886. The van der Waals surface area contributed by atoms with Gasteiger partial charge >= 0.3 is 0 Å². The second-order valence-corrected chi connectivity index (χ2v) is 5.01. The van der Waals surface area contributed by atoms with Gasteiger partial charge in [-0.2, -0.15) is 0 Å². The number of benzene rings is 1. The van der Waals surface area contributed by atoms with Crippen LogP contribution in [0, 0.1) is 11.7 Å². The van der Waals surface area contributed by atoms with E-state index in [9.17, 15) is 9.18 Å². The number of anilines is 1. The van der Waals surface area contributed by atoms with Crippen LogP contribution in [0.3, 0.4) is 0 Å². The number of halogens is 1. The van der Waals surface area contributed by atoms with Gasteiger partial charge in [0.2, 0.25) is 5.91 Å². The molecule has 1 aromatic rings. The van der Waals surface area contributed by atoms with E-state index in [4.69, 9.17) is 0 Å². The molecule has 1 amide bonds. The first-order valence-electron chi connectivity index (χ1n) is 6.97. The van der Waals surface area contributed by atoms with Gasteiger partial charge in [-0.05, 0) is 63.0 Å². The molecule has 104 valence electrons. The van der Waals surface area contributed by atoms with Crippen LogP contribution >= 0.6 is 0 Å². The van der Waals surface area contributed by atoms with E-state index < -0.39 is 0 Å². The number of hydrogen-bond donors (Lipinski definition) is 1. The van der Waals surface area contributed by atoms with E-state index >= 15 is 0 Å². The minimum Gasteiger partial charge on any atom is -0.316 e. The van der Waals surface area contributed by atoms with Gasteiger partial charge in [-0.1, -0.05) is 0 Å². The monoisotopic (exact) mass is 264 g/mol. The molecule has 0 aliphatic carbocycles. The van der Waals surface area contributed by atoms with Crippen LogP contribution in [0.1, 0.15) is 26.2 Å². The first-order valence-corrected chi connectivity index (χ1v) is 6.97. The molecular weight excluding hydrogens is 243 g/mol. The Kier molecular flexibility index (Phi) is 4.91. The summed E-state index contributed by atoms with van der Waals surface area (Å²) in [6, 6.07) is 6.11. The van der Waals surface area contributed by atoms with Crippen LogP contribution < -0.4 is 10.2 Å². The van der Waals surface area contributed by atoms with Crippen molar-refractivity contribution in [3.05, 3.63) is 30.1 Å². The lowest BCUT2D eigenvalue weighted by atomic mass is 10.0. The fraction of sp³-hybridized carbons (Fsp3) is 0.533. The van der Waals surface area contributed by atoms with Crippen molar-refractivity contribution in [2.45, 2.75) is 26.2 Å². The first-order chi connectivity index (χ1) is 9.20. The van der Waals surface area contributed by atoms with Crippen LogP contribution in [0.2, 0.25) is 0 Å².